The van der Waals surface area contributed by atoms with Crippen molar-refractivity contribution in [3.8, 4) is 22.6 Å². The van der Waals surface area contributed by atoms with Crippen molar-refractivity contribution in [2.24, 2.45) is 5.41 Å². The van der Waals surface area contributed by atoms with Crippen LogP contribution >= 0.6 is 0 Å². The van der Waals surface area contributed by atoms with E-state index in [1.807, 2.05) is 33.8 Å². The van der Waals surface area contributed by atoms with Gasteiger partial charge >= 0.3 is 5.97 Å². The van der Waals surface area contributed by atoms with Crippen LogP contribution in [0.15, 0.2) is 84.9 Å². The lowest BCUT2D eigenvalue weighted by Gasteiger charge is -2.35. The van der Waals surface area contributed by atoms with Crippen LogP contribution in [0.25, 0.3) is 11.1 Å². The largest absolute Gasteiger partial charge is 0.488 e. The van der Waals surface area contributed by atoms with Crippen LogP contribution in [-0.2, 0) is 10.2 Å². The van der Waals surface area contributed by atoms with Gasteiger partial charge in [-0.1, -0.05) is 79.7 Å². The van der Waals surface area contributed by atoms with E-state index in [1.165, 1.54) is 27.8 Å². The van der Waals surface area contributed by atoms with E-state index < -0.39 is 10.8 Å². The van der Waals surface area contributed by atoms with Gasteiger partial charge in [0.15, 0.2) is 0 Å². The summed E-state index contributed by atoms with van der Waals surface area (Å²) in [6.45, 7) is 16.2. The van der Waals surface area contributed by atoms with Crippen LogP contribution < -0.4 is 9.47 Å². The minimum Gasteiger partial charge on any atom is -0.488 e. The minimum absolute atomic E-state index is 0.240. The minimum atomic E-state index is -0.580. The first-order valence-corrected chi connectivity index (χ1v) is 14.2. The molecule has 0 atom stereocenters. The van der Waals surface area contributed by atoms with Gasteiger partial charge < -0.3 is 9.47 Å². The highest BCUT2D eigenvalue weighted by Crippen LogP contribution is 2.56. The zero-order valence-electron chi connectivity index (χ0n) is 25.0. The Bertz CT molecular complexity index is 1540. The Hall–Kier alpha value is -3.85. The highest BCUT2D eigenvalue weighted by molar-refractivity contribution is 5.86. The normalized spacial score (nSPS) is 13.9. The van der Waals surface area contributed by atoms with Crippen molar-refractivity contribution in [1.82, 2.24) is 0 Å². The molecule has 0 aliphatic heterocycles. The summed E-state index contributed by atoms with van der Waals surface area (Å²) < 4.78 is 12.3. The Morgan fingerprint density at radius 3 is 1.62 bits per heavy atom. The van der Waals surface area contributed by atoms with Crippen molar-refractivity contribution in [3.63, 3.8) is 0 Å². The number of fused-ring (bicyclic) bond motifs is 3. The Morgan fingerprint density at radius 2 is 1.18 bits per heavy atom. The maximum atomic E-state index is 12.7. The van der Waals surface area contributed by atoms with E-state index in [2.05, 4.69) is 107 Å². The van der Waals surface area contributed by atoms with Gasteiger partial charge in [0, 0.05) is 0 Å². The van der Waals surface area contributed by atoms with E-state index in [9.17, 15) is 4.79 Å². The van der Waals surface area contributed by atoms with Crippen molar-refractivity contribution < 1.29 is 14.3 Å². The van der Waals surface area contributed by atoms with Crippen LogP contribution in [0.5, 0.6) is 11.5 Å². The number of ether oxygens (including phenoxy) is 2. The number of benzene rings is 4. The summed E-state index contributed by atoms with van der Waals surface area (Å²) in [6, 6.07) is 30.3. The average Bonchev–Trinajstić information content (AvgIpc) is 3.22. The molecule has 0 radical (unpaired) electrons. The summed E-state index contributed by atoms with van der Waals surface area (Å²) in [5.41, 5.74) is 7.97. The molecule has 206 valence electrons. The van der Waals surface area contributed by atoms with Crippen molar-refractivity contribution in [1.29, 1.82) is 0 Å². The molecule has 5 rings (SSSR count). The molecule has 0 saturated carbocycles. The Kier molecular flexibility index (Phi) is 6.90. The third kappa shape index (κ3) is 4.62. The van der Waals surface area contributed by atoms with Gasteiger partial charge in [-0.05, 0) is 112 Å². The second-order valence-electron chi connectivity index (χ2n) is 12.7. The van der Waals surface area contributed by atoms with Crippen LogP contribution in [0.2, 0.25) is 0 Å². The van der Waals surface area contributed by atoms with Gasteiger partial charge in [-0.25, -0.2) is 0 Å². The summed E-state index contributed by atoms with van der Waals surface area (Å²) in [4.78, 5) is 12.7. The third-order valence-corrected chi connectivity index (χ3v) is 8.22. The molecule has 3 nitrogen and oxygen atoms in total. The van der Waals surface area contributed by atoms with Gasteiger partial charge in [-0.15, -0.1) is 0 Å². The number of hydrogen-bond acceptors (Lipinski definition) is 3. The van der Waals surface area contributed by atoms with E-state index in [0.717, 1.165) is 28.9 Å². The van der Waals surface area contributed by atoms with Crippen LogP contribution in [0.4, 0.5) is 0 Å². The molecule has 3 heteroatoms. The Labute approximate surface area is 239 Å². The molecule has 0 heterocycles. The molecule has 4 aromatic carbocycles. The zero-order valence-corrected chi connectivity index (χ0v) is 25.0. The van der Waals surface area contributed by atoms with Crippen LogP contribution in [0.1, 0.15) is 81.3 Å². The van der Waals surface area contributed by atoms with Gasteiger partial charge in [0.1, 0.15) is 17.1 Å². The first kappa shape index (κ1) is 27.7. The van der Waals surface area contributed by atoms with E-state index in [0.29, 0.717) is 5.75 Å². The third-order valence-electron chi connectivity index (χ3n) is 8.22. The molecule has 0 spiro atoms. The van der Waals surface area contributed by atoms with Crippen molar-refractivity contribution in [2.75, 3.05) is 0 Å². The molecule has 4 aromatic rings. The van der Waals surface area contributed by atoms with E-state index in [1.54, 1.807) is 0 Å². The lowest BCUT2D eigenvalue weighted by Crippen LogP contribution is -2.30. The molecule has 0 amide bonds. The topological polar surface area (TPSA) is 35.5 Å². The quantitative estimate of drug-likeness (QED) is 0.162. The molecule has 0 N–H and O–H groups in total. The maximum Gasteiger partial charge on any atom is 0.316 e. The molecular weight excluding hydrogens is 492 g/mol. The molecule has 0 bridgehead atoms. The predicted molar refractivity (Wildman–Crippen MR) is 163 cm³/mol. The van der Waals surface area contributed by atoms with Crippen molar-refractivity contribution in [3.05, 3.63) is 118 Å². The van der Waals surface area contributed by atoms with Crippen molar-refractivity contribution >= 4 is 5.97 Å². The average molecular weight is 533 g/mol. The zero-order chi connectivity index (χ0) is 28.9. The van der Waals surface area contributed by atoms with Gasteiger partial charge in [-0.2, -0.15) is 0 Å². The Morgan fingerprint density at radius 1 is 0.700 bits per heavy atom. The van der Waals surface area contributed by atoms with Crippen LogP contribution in [0, 0.1) is 19.3 Å². The van der Waals surface area contributed by atoms with E-state index in [4.69, 9.17) is 9.47 Å². The summed E-state index contributed by atoms with van der Waals surface area (Å²) in [6.07, 6.45) is 0.921. The second kappa shape index (κ2) is 9.96. The number of carbonyl (C=O) groups is 1. The maximum absolute atomic E-state index is 12.7. The molecule has 0 fully saturated rings. The number of hydrogen-bond donors (Lipinski definition) is 0. The first-order chi connectivity index (χ1) is 18.9. The lowest BCUT2D eigenvalue weighted by molar-refractivity contribution is -0.143. The first-order valence-electron chi connectivity index (χ1n) is 14.2. The fraction of sp³-hybridized carbons (Fsp3) is 0.324. The number of rotatable bonds is 6. The highest BCUT2D eigenvalue weighted by atomic mass is 16.5. The lowest BCUT2D eigenvalue weighted by atomic mass is 9.67. The summed E-state index contributed by atoms with van der Waals surface area (Å²) in [7, 11) is 0. The van der Waals surface area contributed by atoms with Gasteiger partial charge in [0.05, 0.1) is 10.8 Å². The summed E-state index contributed by atoms with van der Waals surface area (Å²) >= 11 is 0. The van der Waals surface area contributed by atoms with E-state index >= 15 is 0 Å². The van der Waals surface area contributed by atoms with E-state index in [-0.39, 0.29) is 11.6 Å². The fourth-order valence-electron chi connectivity index (χ4n) is 5.64. The number of esters is 1. The molecule has 0 saturated heterocycles. The highest BCUT2D eigenvalue weighted by Gasteiger charge is 2.46. The molecule has 0 unspecified atom stereocenters. The number of carbonyl (C=O) groups excluding carboxylic acids is 1. The fourth-order valence-corrected chi connectivity index (χ4v) is 5.64. The SMILES string of the molecule is CCC(C)(C)Oc1ccc(C2(c3ccc(OC(=O)C(C)(C)C)c(C)c3)c3ccccc3-c3ccccc32)cc1C. The van der Waals surface area contributed by atoms with Crippen LogP contribution in [-0.4, -0.2) is 11.6 Å². The smallest absolute Gasteiger partial charge is 0.316 e. The van der Waals surface area contributed by atoms with Gasteiger partial charge in [-0.3, -0.25) is 4.79 Å². The monoisotopic (exact) mass is 532 g/mol. The van der Waals surface area contributed by atoms with Crippen molar-refractivity contribution in [2.45, 2.75) is 72.8 Å². The molecule has 1 aliphatic carbocycles. The second-order valence-corrected chi connectivity index (χ2v) is 12.7. The summed E-state index contributed by atoms with van der Waals surface area (Å²) in [5.74, 6) is 1.27. The predicted octanol–water partition coefficient (Wildman–Crippen LogP) is 9.19. The molecule has 1 aliphatic rings. The number of aryl methyl sites for hydroxylation is 2. The molecule has 0 aromatic heterocycles. The standard InChI is InChI=1S/C37H40O3/c1-9-36(7,8)40-33-21-19-27(23-25(33)3)37(26-18-20-32(24(2)22-26)39-34(38)35(4,5)6)30-16-12-10-14-28(30)29-15-11-13-17-31(29)37/h10-23H,9H2,1-8H3. The van der Waals surface area contributed by atoms with Crippen LogP contribution in [0.3, 0.4) is 0 Å². The summed E-state index contributed by atoms with van der Waals surface area (Å²) in [5, 5.41) is 0. The molecular formula is C37H40O3. The van der Waals surface area contributed by atoms with Gasteiger partial charge in [0.2, 0.25) is 0 Å². The molecule has 40 heavy (non-hydrogen) atoms. The van der Waals surface area contributed by atoms with Gasteiger partial charge in [0.25, 0.3) is 0 Å². The Balaban J connectivity index is 1.74.